The monoisotopic (exact) mass is 522 g/mol. The van der Waals surface area contributed by atoms with Gasteiger partial charge in [0.15, 0.2) is 0 Å². The van der Waals surface area contributed by atoms with E-state index in [4.69, 9.17) is 4.74 Å². The fourth-order valence-corrected chi connectivity index (χ4v) is 9.40. The molecular formula is C30H38N2O4S. The van der Waals surface area contributed by atoms with Crippen molar-refractivity contribution in [3.63, 3.8) is 0 Å². The van der Waals surface area contributed by atoms with E-state index in [2.05, 4.69) is 36.1 Å². The van der Waals surface area contributed by atoms with Gasteiger partial charge < -0.3 is 9.84 Å². The Hall–Kier alpha value is -2.19. The second-order valence-corrected chi connectivity index (χ2v) is 13.6. The highest BCUT2D eigenvalue weighted by Gasteiger charge is 2.72. The number of benzene rings is 2. The van der Waals surface area contributed by atoms with E-state index in [0.29, 0.717) is 18.8 Å². The van der Waals surface area contributed by atoms with Gasteiger partial charge in [-0.05, 0) is 67.3 Å². The average molecular weight is 523 g/mol. The summed E-state index contributed by atoms with van der Waals surface area (Å²) < 4.78 is 36.8. The Morgan fingerprint density at radius 1 is 1.19 bits per heavy atom. The Balaban J connectivity index is 1.33. The Morgan fingerprint density at radius 2 is 1.97 bits per heavy atom. The van der Waals surface area contributed by atoms with Crippen LogP contribution in [0.15, 0.2) is 55.1 Å². The molecule has 5 atom stereocenters. The highest BCUT2D eigenvalue weighted by atomic mass is 32.2. The first-order valence-electron chi connectivity index (χ1n) is 13.6. The molecule has 6 nitrogen and oxygen atoms in total. The number of piperidine rings is 1. The van der Waals surface area contributed by atoms with Crippen LogP contribution in [0.5, 0.6) is 5.75 Å². The minimum absolute atomic E-state index is 0.0355. The van der Waals surface area contributed by atoms with Crippen LogP contribution in [0.1, 0.15) is 55.4 Å². The number of rotatable bonds is 8. The second kappa shape index (κ2) is 8.94. The van der Waals surface area contributed by atoms with E-state index >= 15 is 0 Å². The standard InChI is InChI=1S/C30H38N2O4S/c1-4-15-32-16-14-29-27-22-10-7-11-25(27)36-28(29)24(12-13-30(29,33)26(32)18-22)31-37(34,35)19-23-9-6-5-8-21(23)17-20(2)3/h4-11,20,24,26,28,31,33H,1,12-19H2,2-3H3/t24-,26+,28-,29-,30+/m0/s1. The van der Waals surface area contributed by atoms with Crippen molar-refractivity contribution in [2.45, 2.75) is 80.9 Å². The summed E-state index contributed by atoms with van der Waals surface area (Å²) in [5, 5.41) is 12.4. The fraction of sp³-hybridized carbons (Fsp3) is 0.533. The van der Waals surface area contributed by atoms with Crippen molar-refractivity contribution in [3.8, 4) is 5.75 Å². The molecule has 2 N–H and O–H groups in total. The first kappa shape index (κ1) is 25.1. The van der Waals surface area contributed by atoms with Crippen molar-refractivity contribution in [2.75, 3.05) is 13.1 Å². The number of sulfonamides is 1. The summed E-state index contributed by atoms with van der Waals surface area (Å²) in [6.45, 7) is 9.79. The van der Waals surface area contributed by atoms with Gasteiger partial charge in [0.05, 0.1) is 22.8 Å². The highest BCUT2D eigenvalue weighted by molar-refractivity contribution is 7.88. The molecule has 2 aromatic rings. The number of hydrogen-bond donors (Lipinski definition) is 2. The van der Waals surface area contributed by atoms with E-state index in [1.807, 2.05) is 42.5 Å². The molecule has 2 aromatic carbocycles. The second-order valence-electron chi connectivity index (χ2n) is 11.9. The first-order chi connectivity index (χ1) is 17.7. The number of aliphatic hydroxyl groups is 1. The van der Waals surface area contributed by atoms with E-state index in [9.17, 15) is 13.5 Å². The van der Waals surface area contributed by atoms with Crippen LogP contribution in [0.3, 0.4) is 0 Å². The van der Waals surface area contributed by atoms with Gasteiger partial charge in [0.25, 0.3) is 0 Å². The molecule has 2 fully saturated rings. The van der Waals surface area contributed by atoms with Crippen molar-refractivity contribution in [2.24, 2.45) is 5.92 Å². The molecule has 0 radical (unpaired) electrons. The van der Waals surface area contributed by atoms with Gasteiger partial charge in [-0.25, -0.2) is 13.1 Å². The van der Waals surface area contributed by atoms with Gasteiger partial charge in [-0.3, -0.25) is 4.90 Å². The van der Waals surface area contributed by atoms with Crippen molar-refractivity contribution in [3.05, 3.63) is 77.4 Å². The number of ether oxygens (including phenoxy) is 1. The molecule has 1 spiro atoms. The number of nitrogens with zero attached hydrogens (tertiary/aromatic N) is 1. The average Bonchev–Trinajstić information content (AvgIpc) is 3.18. The van der Waals surface area contributed by atoms with Crippen LogP contribution >= 0.6 is 0 Å². The summed E-state index contributed by atoms with van der Waals surface area (Å²) in [5.74, 6) is 1.20. The molecule has 37 heavy (non-hydrogen) atoms. The SMILES string of the molecule is C=CCN1CC[C@]23c4c5cccc4O[C@H]2[C@@H](NS(=O)(=O)Cc2ccccc2CC(C)C)CC[C@@]3(O)[C@H]1C5. The predicted octanol–water partition coefficient (Wildman–Crippen LogP) is 3.71. The smallest absolute Gasteiger partial charge is 0.216 e. The van der Waals surface area contributed by atoms with Gasteiger partial charge in [-0.1, -0.05) is 56.3 Å². The van der Waals surface area contributed by atoms with Crippen molar-refractivity contribution < 1.29 is 18.3 Å². The van der Waals surface area contributed by atoms with Crippen molar-refractivity contribution >= 4 is 10.0 Å². The van der Waals surface area contributed by atoms with Crippen LogP contribution in [-0.2, 0) is 34.0 Å². The Morgan fingerprint density at radius 3 is 2.73 bits per heavy atom. The summed E-state index contributed by atoms with van der Waals surface area (Å²) in [4.78, 5) is 2.35. The lowest BCUT2D eigenvalue weighted by atomic mass is 9.48. The number of likely N-dealkylation sites (tertiary alicyclic amines) is 1. The summed E-state index contributed by atoms with van der Waals surface area (Å²) in [6.07, 6.45) is 4.90. The van der Waals surface area contributed by atoms with Gasteiger partial charge in [0.2, 0.25) is 10.0 Å². The molecule has 6 rings (SSSR count). The summed E-state index contributed by atoms with van der Waals surface area (Å²) >= 11 is 0. The normalized spacial score (nSPS) is 32.2. The van der Waals surface area contributed by atoms with Crippen LogP contribution in [0.2, 0.25) is 0 Å². The summed E-state index contributed by atoms with van der Waals surface area (Å²) in [6, 6.07) is 13.6. The molecule has 2 bridgehead atoms. The van der Waals surface area contributed by atoms with Gasteiger partial charge in [-0.2, -0.15) is 0 Å². The predicted molar refractivity (Wildman–Crippen MR) is 145 cm³/mol. The summed E-state index contributed by atoms with van der Waals surface area (Å²) in [5.41, 5.74) is 2.68. The van der Waals surface area contributed by atoms with E-state index in [-0.39, 0.29) is 11.8 Å². The Kier molecular flexibility index (Phi) is 6.07. The summed E-state index contributed by atoms with van der Waals surface area (Å²) in [7, 11) is -3.63. The third kappa shape index (κ3) is 3.81. The third-order valence-electron chi connectivity index (χ3n) is 9.26. The van der Waals surface area contributed by atoms with Crippen LogP contribution in [0, 0.1) is 5.92 Å². The zero-order chi connectivity index (χ0) is 26.0. The van der Waals surface area contributed by atoms with Gasteiger partial charge in [0.1, 0.15) is 11.9 Å². The molecule has 0 unspecified atom stereocenters. The molecule has 0 aromatic heterocycles. The zero-order valence-corrected chi connectivity index (χ0v) is 22.6. The van der Waals surface area contributed by atoms with Gasteiger partial charge in [-0.15, -0.1) is 6.58 Å². The van der Waals surface area contributed by atoms with Gasteiger partial charge in [0, 0.05) is 18.2 Å². The molecule has 2 aliphatic carbocycles. The molecule has 198 valence electrons. The Labute approximate surface area is 220 Å². The molecular weight excluding hydrogens is 484 g/mol. The van der Waals surface area contributed by atoms with Gasteiger partial charge >= 0.3 is 0 Å². The number of nitrogens with one attached hydrogen (secondary N) is 1. The zero-order valence-electron chi connectivity index (χ0n) is 21.8. The largest absolute Gasteiger partial charge is 0.487 e. The lowest BCUT2D eigenvalue weighted by Crippen LogP contribution is -2.78. The minimum atomic E-state index is -3.63. The first-order valence-corrected chi connectivity index (χ1v) is 15.3. The Bertz CT molecular complexity index is 1320. The van der Waals surface area contributed by atoms with Crippen molar-refractivity contribution in [1.29, 1.82) is 0 Å². The van der Waals surface area contributed by atoms with Crippen LogP contribution in [0.25, 0.3) is 0 Å². The fourth-order valence-electron chi connectivity index (χ4n) is 7.92. The third-order valence-corrected chi connectivity index (χ3v) is 10.6. The van der Waals surface area contributed by atoms with Crippen molar-refractivity contribution in [1.82, 2.24) is 9.62 Å². The lowest BCUT2D eigenvalue weighted by molar-refractivity contribution is -0.188. The molecule has 4 aliphatic rings. The molecule has 1 saturated heterocycles. The molecule has 0 amide bonds. The quantitative estimate of drug-likeness (QED) is 0.517. The van der Waals surface area contributed by atoms with Crippen LogP contribution in [0.4, 0.5) is 0 Å². The topological polar surface area (TPSA) is 78.9 Å². The minimum Gasteiger partial charge on any atom is -0.487 e. The highest BCUT2D eigenvalue weighted by Crippen LogP contribution is 2.63. The van der Waals surface area contributed by atoms with E-state index in [1.165, 1.54) is 5.56 Å². The maximum atomic E-state index is 13.6. The molecule has 7 heteroatoms. The molecule has 2 heterocycles. The van der Waals surface area contributed by atoms with E-state index in [0.717, 1.165) is 54.8 Å². The number of hydrogen-bond acceptors (Lipinski definition) is 5. The molecule has 1 saturated carbocycles. The van der Waals surface area contributed by atoms with E-state index < -0.39 is 33.2 Å². The molecule has 2 aliphatic heterocycles. The maximum absolute atomic E-state index is 13.6. The maximum Gasteiger partial charge on any atom is 0.216 e. The van der Waals surface area contributed by atoms with Crippen LogP contribution in [-0.4, -0.2) is 55.3 Å². The van der Waals surface area contributed by atoms with E-state index in [1.54, 1.807) is 0 Å². The van der Waals surface area contributed by atoms with Crippen LogP contribution < -0.4 is 9.46 Å². The lowest BCUT2D eigenvalue weighted by Gasteiger charge is -2.64.